The zero-order chi connectivity index (χ0) is 13.0. The monoisotopic (exact) mass is 266 g/mol. The van der Waals surface area contributed by atoms with Gasteiger partial charge >= 0.3 is 0 Å². The minimum Gasteiger partial charge on any atom is -0.341 e. The van der Waals surface area contributed by atoms with Gasteiger partial charge in [-0.05, 0) is 31.5 Å². The van der Waals surface area contributed by atoms with E-state index in [1.54, 1.807) is 0 Å². The van der Waals surface area contributed by atoms with Gasteiger partial charge in [-0.2, -0.15) is 0 Å². The van der Waals surface area contributed by atoms with Crippen molar-refractivity contribution in [3.8, 4) is 0 Å². The number of likely N-dealkylation sites (N-methyl/N-ethyl adjacent to an activating group) is 1. The minimum absolute atomic E-state index is 0.169. The van der Waals surface area contributed by atoms with Crippen LogP contribution in [0.5, 0.6) is 0 Å². The maximum absolute atomic E-state index is 12.2. The quantitative estimate of drug-likeness (QED) is 0.909. The van der Waals surface area contributed by atoms with Crippen molar-refractivity contribution in [1.82, 2.24) is 10.2 Å². The maximum atomic E-state index is 12.2. The number of nitrogens with one attached hydrogen (secondary N) is 1. The molecule has 1 unspecified atom stereocenters. The van der Waals surface area contributed by atoms with Crippen LogP contribution in [-0.4, -0.2) is 37.0 Å². The Morgan fingerprint density at radius 2 is 2.28 bits per heavy atom. The topological polar surface area (TPSA) is 32.3 Å². The summed E-state index contributed by atoms with van der Waals surface area (Å²) in [5.41, 5.74) is 0.913. The number of hydrogen-bond acceptors (Lipinski definition) is 2. The lowest BCUT2D eigenvalue weighted by Gasteiger charge is -2.32. The van der Waals surface area contributed by atoms with Gasteiger partial charge < -0.3 is 10.2 Å². The number of carbonyl (C=O) groups is 1. The number of halogens is 1. The molecule has 0 radical (unpaired) electrons. The van der Waals surface area contributed by atoms with Crippen LogP contribution < -0.4 is 5.32 Å². The molecule has 3 nitrogen and oxygen atoms in total. The van der Waals surface area contributed by atoms with Crippen LogP contribution in [-0.2, 0) is 11.2 Å². The predicted octanol–water partition coefficient (Wildman–Crippen LogP) is 2.09. The summed E-state index contributed by atoms with van der Waals surface area (Å²) in [6, 6.07) is 7.97. The summed E-state index contributed by atoms with van der Waals surface area (Å²) in [6.45, 7) is 1.67. The number of hydrogen-bond donors (Lipinski definition) is 1. The lowest BCUT2D eigenvalue weighted by Crippen LogP contribution is -2.47. The lowest BCUT2D eigenvalue weighted by molar-refractivity contribution is -0.131. The molecule has 1 heterocycles. The summed E-state index contributed by atoms with van der Waals surface area (Å²) < 4.78 is 0. The van der Waals surface area contributed by atoms with Crippen LogP contribution in [0, 0.1) is 0 Å². The normalized spacial score (nSPS) is 19.9. The third-order valence-electron chi connectivity index (χ3n) is 3.48. The number of amides is 1. The molecular formula is C14H19ClN2O. The molecule has 0 aliphatic carbocycles. The van der Waals surface area contributed by atoms with Crippen molar-refractivity contribution in [2.75, 3.05) is 20.1 Å². The van der Waals surface area contributed by atoms with Crippen LogP contribution in [0.25, 0.3) is 0 Å². The van der Waals surface area contributed by atoms with Gasteiger partial charge in [-0.3, -0.25) is 4.79 Å². The Kier molecular flexibility index (Phi) is 4.61. The largest absolute Gasteiger partial charge is 0.341 e. The number of carbonyl (C=O) groups excluding carboxylic acids is 1. The second kappa shape index (κ2) is 6.21. The van der Waals surface area contributed by atoms with E-state index < -0.39 is 0 Å². The fourth-order valence-corrected chi connectivity index (χ4v) is 2.56. The van der Waals surface area contributed by atoms with Crippen LogP contribution in [0.4, 0.5) is 0 Å². The fourth-order valence-electron chi connectivity index (χ4n) is 2.36. The Morgan fingerprint density at radius 1 is 1.50 bits per heavy atom. The first-order valence-corrected chi connectivity index (χ1v) is 6.77. The van der Waals surface area contributed by atoms with Gasteiger partial charge in [-0.25, -0.2) is 0 Å². The van der Waals surface area contributed by atoms with Crippen LogP contribution in [0.15, 0.2) is 24.3 Å². The molecule has 18 heavy (non-hydrogen) atoms. The van der Waals surface area contributed by atoms with Gasteiger partial charge in [0.2, 0.25) is 5.91 Å². The molecule has 0 bridgehead atoms. The second-order valence-corrected chi connectivity index (χ2v) is 5.14. The third kappa shape index (κ3) is 3.24. The van der Waals surface area contributed by atoms with E-state index in [0.29, 0.717) is 17.5 Å². The first-order valence-electron chi connectivity index (χ1n) is 6.39. The van der Waals surface area contributed by atoms with E-state index in [9.17, 15) is 4.79 Å². The highest BCUT2D eigenvalue weighted by Gasteiger charge is 2.22. The summed E-state index contributed by atoms with van der Waals surface area (Å²) >= 11 is 6.08. The van der Waals surface area contributed by atoms with Crippen molar-refractivity contribution in [2.45, 2.75) is 25.3 Å². The fraction of sp³-hybridized carbons (Fsp3) is 0.500. The molecule has 0 aromatic heterocycles. The lowest BCUT2D eigenvalue weighted by atomic mass is 10.0. The molecule has 2 rings (SSSR count). The highest BCUT2D eigenvalue weighted by molar-refractivity contribution is 6.31. The minimum atomic E-state index is 0.169. The molecule has 98 valence electrons. The van der Waals surface area contributed by atoms with Crippen LogP contribution in [0.1, 0.15) is 18.4 Å². The highest BCUT2D eigenvalue weighted by atomic mass is 35.5. The summed E-state index contributed by atoms with van der Waals surface area (Å²) in [7, 11) is 1.95. The number of nitrogens with zero attached hydrogens (tertiary/aromatic N) is 1. The number of benzene rings is 1. The van der Waals surface area contributed by atoms with Crippen LogP contribution in [0.3, 0.4) is 0 Å². The van der Waals surface area contributed by atoms with E-state index in [-0.39, 0.29) is 5.91 Å². The van der Waals surface area contributed by atoms with Gasteiger partial charge in [0.1, 0.15) is 0 Å². The third-order valence-corrected chi connectivity index (χ3v) is 3.85. The number of likely N-dealkylation sites (tertiary alicyclic amines) is 1. The van der Waals surface area contributed by atoms with E-state index in [2.05, 4.69) is 5.32 Å². The zero-order valence-electron chi connectivity index (χ0n) is 10.7. The summed E-state index contributed by atoms with van der Waals surface area (Å²) in [5, 5.41) is 3.92. The molecule has 1 atom stereocenters. The Balaban J connectivity index is 1.97. The molecule has 1 amide bonds. The molecule has 1 N–H and O–H groups in total. The van der Waals surface area contributed by atoms with E-state index >= 15 is 0 Å². The van der Waals surface area contributed by atoms with E-state index in [1.807, 2.05) is 36.2 Å². The Morgan fingerprint density at radius 3 is 3.00 bits per heavy atom. The molecule has 1 fully saturated rings. The molecule has 1 aromatic carbocycles. The average molecular weight is 267 g/mol. The van der Waals surface area contributed by atoms with E-state index in [0.717, 1.165) is 31.5 Å². The van der Waals surface area contributed by atoms with Crippen molar-refractivity contribution >= 4 is 17.5 Å². The highest BCUT2D eigenvalue weighted by Crippen LogP contribution is 2.17. The van der Waals surface area contributed by atoms with Crippen molar-refractivity contribution in [2.24, 2.45) is 0 Å². The Bertz CT molecular complexity index is 422. The molecule has 1 aliphatic heterocycles. The van der Waals surface area contributed by atoms with Gasteiger partial charge in [0.25, 0.3) is 0 Å². The zero-order valence-corrected chi connectivity index (χ0v) is 11.4. The molecule has 1 aliphatic rings. The first kappa shape index (κ1) is 13.4. The SMILES string of the molecule is CNC1CCCN(C(=O)Cc2ccccc2Cl)C1. The second-order valence-electron chi connectivity index (χ2n) is 4.74. The van der Waals surface area contributed by atoms with Crippen molar-refractivity contribution in [3.05, 3.63) is 34.9 Å². The van der Waals surface area contributed by atoms with E-state index in [1.165, 1.54) is 0 Å². The van der Waals surface area contributed by atoms with E-state index in [4.69, 9.17) is 11.6 Å². The summed E-state index contributed by atoms with van der Waals surface area (Å²) in [4.78, 5) is 14.2. The number of piperidine rings is 1. The van der Waals surface area contributed by atoms with Gasteiger partial charge in [0, 0.05) is 24.2 Å². The van der Waals surface area contributed by atoms with Crippen molar-refractivity contribution in [3.63, 3.8) is 0 Å². The Hall–Kier alpha value is -1.06. The standard InChI is InChI=1S/C14H19ClN2O/c1-16-12-6-4-8-17(10-12)14(18)9-11-5-2-3-7-13(11)15/h2-3,5,7,12,16H,4,6,8-10H2,1H3. The van der Waals surface area contributed by atoms with Gasteiger partial charge in [0.15, 0.2) is 0 Å². The number of rotatable bonds is 3. The van der Waals surface area contributed by atoms with Crippen molar-refractivity contribution < 1.29 is 4.79 Å². The van der Waals surface area contributed by atoms with Crippen LogP contribution >= 0.6 is 11.6 Å². The van der Waals surface area contributed by atoms with Gasteiger partial charge in [0.05, 0.1) is 6.42 Å². The smallest absolute Gasteiger partial charge is 0.227 e. The average Bonchev–Trinajstić information content (AvgIpc) is 2.41. The van der Waals surface area contributed by atoms with Gasteiger partial charge in [-0.15, -0.1) is 0 Å². The summed E-state index contributed by atoms with van der Waals surface area (Å²) in [5.74, 6) is 0.169. The first-order chi connectivity index (χ1) is 8.70. The van der Waals surface area contributed by atoms with Crippen molar-refractivity contribution in [1.29, 1.82) is 0 Å². The maximum Gasteiger partial charge on any atom is 0.227 e. The molecule has 0 saturated carbocycles. The molecule has 4 heteroatoms. The Labute approximate surface area is 113 Å². The molecule has 0 spiro atoms. The summed E-state index contributed by atoms with van der Waals surface area (Å²) in [6.07, 6.45) is 2.61. The predicted molar refractivity (Wildman–Crippen MR) is 73.8 cm³/mol. The molecule has 1 saturated heterocycles. The molecular weight excluding hydrogens is 248 g/mol. The van der Waals surface area contributed by atoms with Gasteiger partial charge in [-0.1, -0.05) is 29.8 Å². The molecule has 1 aromatic rings. The van der Waals surface area contributed by atoms with Crippen LogP contribution in [0.2, 0.25) is 5.02 Å².